The van der Waals surface area contributed by atoms with E-state index < -0.39 is 23.9 Å². The van der Waals surface area contributed by atoms with Crippen LogP contribution < -0.4 is 5.32 Å². The topological polar surface area (TPSA) is 113 Å². The fraction of sp³-hybridized carbons (Fsp3) is 0.727. The molecule has 0 radical (unpaired) electrons. The van der Waals surface area contributed by atoms with Gasteiger partial charge in [-0.1, -0.05) is 0 Å². The first kappa shape index (κ1) is 14.4. The summed E-state index contributed by atoms with van der Waals surface area (Å²) in [6.45, 7) is 2.23. The Hall–Kier alpha value is -1.63. The molecule has 0 bridgehead atoms. The standard InChI is InChI=1S/C11H17NO6/c1-6-7(4-5-18-6)10(15)12-8(11(16)17)2-3-9(13)14/h6-8H,2-5H2,1H3,(H,12,15)(H,13,14)(H,16,17)/t6?,7?,8-/m0/s1. The van der Waals surface area contributed by atoms with Crippen molar-refractivity contribution in [2.75, 3.05) is 6.61 Å². The predicted octanol–water partition coefficient (Wildman–Crippen LogP) is -0.154. The summed E-state index contributed by atoms with van der Waals surface area (Å²) < 4.78 is 5.22. The lowest BCUT2D eigenvalue weighted by atomic mass is 10.0. The van der Waals surface area contributed by atoms with Gasteiger partial charge in [0.2, 0.25) is 5.91 Å². The maximum atomic E-state index is 11.8. The zero-order valence-corrected chi connectivity index (χ0v) is 10.1. The molecule has 102 valence electrons. The summed E-state index contributed by atoms with van der Waals surface area (Å²) in [5.41, 5.74) is 0. The van der Waals surface area contributed by atoms with Crippen molar-refractivity contribution < 1.29 is 29.3 Å². The third-order valence-corrected chi connectivity index (χ3v) is 2.97. The number of carbonyl (C=O) groups excluding carboxylic acids is 1. The van der Waals surface area contributed by atoms with Gasteiger partial charge in [-0.25, -0.2) is 4.79 Å². The number of carbonyl (C=O) groups is 3. The minimum absolute atomic E-state index is 0.127. The zero-order valence-electron chi connectivity index (χ0n) is 10.1. The molecule has 2 unspecified atom stereocenters. The van der Waals surface area contributed by atoms with Gasteiger partial charge in [-0.3, -0.25) is 9.59 Å². The van der Waals surface area contributed by atoms with Crippen LogP contribution in [0.1, 0.15) is 26.2 Å². The Labute approximate surface area is 104 Å². The molecule has 18 heavy (non-hydrogen) atoms. The Morgan fingerprint density at radius 2 is 2.06 bits per heavy atom. The largest absolute Gasteiger partial charge is 0.481 e. The van der Waals surface area contributed by atoms with E-state index in [4.69, 9.17) is 14.9 Å². The number of nitrogens with one attached hydrogen (secondary N) is 1. The number of aliphatic carboxylic acids is 2. The fourth-order valence-electron chi connectivity index (χ4n) is 1.88. The van der Waals surface area contributed by atoms with E-state index in [1.165, 1.54) is 0 Å². The summed E-state index contributed by atoms with van der Waals surface area (Å²) in [6, 6.07) is -1.17. The second kappa shape index (κ2) is 6.34. The van der Waals surface area contributed by atoms with Gasteiger partial charge >= 0.3 is 11.9 Å². The molecular formula is C11H17NO6. The molecule has 1 amide bonds. The van der Waals surface area contributed by atoms with Gasteiger partial charge in [0.25, 0.3) is 0 Å². The van der Waals surface area contributed by atoms with Gasteiger partial charge in [0.1, 0.15) is 6.04 Å². The minimum atomic E-state index is -1.23. The van der Waals surface area contributed by atoms with E-state index >= 15 is 0 Å². The van der Waals surface area contributed by atoms with Crippen LogP contribution in [0.15, 0.2) is 0 Å². The number of hydrogen-bond donors (Lipinski definition) is 3. The van der Waals surface area contributed by atoms with Gasteiger partial charge in [0, 0.05) is 13.0 Å². The highest BCUT2D eigenvalue weighted by atomic mass is 16.5. The van der Waals surface area contributed by atoms with Crippen LogP contribution in [0.3, 0.4) is 0 Å². The molecule has 1 aliphatic rings. The van der Waals surface area contributed by atoms with Gasteiger partial charge in [-0.2, -0.15) is 0 Å². The van der Waals surface area contributed by atoms with Gasteiger partial charge in [-0.15, -0.1) is 0 Å². The first-order valence-corrected chi connectivity index (χ1v) is 5.78. The van der Waals surface area contributed by atoms with E-state index in [2.05, 4.69) is 5.32 Å². The van der Waals surface area contributed by atoms with Gasteiger partial charge in [0.05, 0.1) is 12.0 Å². The SMILES string of the molecule is CC1OCCC1C(=O)N[C@@H](CCC(=O)O)C(=O)O. The number of carboxylic acids is 2. The molecule has 1 heterocycles. The van der Waals surface area contributed by atoms with Crippen LogP contribution in [-0.4, -0.2) is 46.8 Å². The molecule has 7 nitrogen and oxygen atoms in total. The normalized spacial score (nSPS) is 24.5. The summed E-state index contributed by atoms with van der Waals surface area (Å²) in [5, 5.41) is 19.8. The molecule has 1 fully saturated rings. The average molecular weight is 259 g/mol. The minimum Gasteiger partial charge on any atom is -0.481 e. The van der Waals surface area contributed by atoms with Crippen LogP contribution in [-0.2, 0) is 19.1 Å². The number of hydrogen-bond acceptors (Lipinski definition) is 4. The van der Waals surface area contributed by atoms with Crippen molar-refractivity contribution in [3.05, 3.63) is 0 Å². The van der Waals surface area contributed by atoms with E-state index in [1.54, 1.807) is 6.92 Å². The Balaban J connectivity index is 2.52. The molecule has 3 N–H and O–H groups in total. The maximum Gasteiger partial charge on any atom is 0.326 e. The fourth-order valence-corrected chi connectivity index (χ4v) is 1.88. The van der Waals surface area contributed by atoms with Crippen molar-refractivity contribution in [1.82, 2.24) is 5.32 Å². The summed E-state index contributed by atoms with van der Waals surface area (Å²) >= 11 is 0. The zero-order chi connectivity index (χ0) is 13.7. The summed E-state index contributed by atoms with van der Waals surface area (Å²) in [5.74, 6) is -3.07. The Kier molecular flexibility index (Phi) is 5.08. The van der Waals surface area contributed by atoms with Gasteiger partial charge in [0.15, 0.2) is 0 Å². The second-order valence-corrected chi connectivity index (χ2v) is 4.30. The Morgan fingerprint density at radius 3 is 2.50 bits per heavy atom. The lowest BCUT2D eigenvalue weighted by molar-refractivity contribution is -0.144. The monoisotopic (exact) mass is 259 g/mol. The number of rotatable bonds is 6. The first-order chi connectivity index (χ1) is 8.41. The molecule has 1 aliphatic heterocycles. The van der Waals surface area contributed by atoms with E-state index in [0.29, 0.717) is 13.0 Å². The second-order valence-electron chi connectivity index (χ2n) is 4.30. The molecule has 0 aromatic carbocycles. The summed E-state index contributed by atoms with van der Waals surface area (Å²) in [6.07, 6.45) is -0.108. The highest BCUT2D eigenvalue weighted by Gasteiger charge is 2.33. The first-order valence-electron chi connectivity index (χ1n) is 5.78. The Bertz CT molecular complexity index is 342. The van der Waals surface area contributed by atoms with Crippen LogP contribution in [0.2, 0.25) is 0 Å². The third-order valence-electron chi connectivity index (χ3n) is 2.97. The van der Waals surface area contributed by atoms with Crippen LogP contribution >= 0.6 is 0 Å². The summed E-state index contributed by atoms with van der Waals surface area (Å²) in [4.78, 5) is 33.1. The molecule has 0 saturated carbocycles. The van der Waals surface area contributed by atoms with Crippen molar-refractivity contribution >= 4 is 17.8 Å². The predicted molar refractivity (Wildman–Crippen MR) is 60.0 cm³/mol. The molecule has 7 heteroatoms. The van der Waals surface area contributed by atoms with Crippen molar-refractivity contribution in [2.24, 2.45) is 5.92 Å². The lowest BCUT2D eigenvalue weighted by Crippen LogP contribution is -2.45. The molecule has 0 aliphatic carbocycles. The van der Waals surface area contributed by atoms with Crippen molar-refractivity contribution in [2.45, 2.75) is 38.3 Å². The van der Waals surface area contributed by atoms with E-state index in [1.807, 2.05) is 0 Å². The number of amides is 1. The van der Waals surface area contributed by atoms with E-state index in [0.717, 1.165) is 0 Å². The maximum absolute atomic E-state index is 11.8. The van der Waals surface area contributed by atoms with Crippen LogP contribution in [0.25, 0.3) is 0 Å². The lowest BCUT2D eigenvalue weighted by Gasteiger charge is -2.18. The van der Waals surface area contributed by atoms with Crippen LogP contribution in [0.5, 0.6) is 0 Å². The van der Waals surface area contributed by atoms with Crippen molar-refractivity contribution in [3.8, 4) is 0 Å². The van der Waals surface area contributed by atoms with Crippen molar-refractivity contribution in [1.29, 1.82) is 0 Å². The van der Waals surface area contributed by atoms with Crippen LogP contribution in [0.4, 0.5) is 0 Å². The van der Waals surface area contributed by atoms with E-state index in [-0.39, 0.29) is 24.9 Å². The molecule has 1 saturated heterocycles. The summed E-state index contributed by atoms with van der Waals surface area (Å²) in [7, 11) is 0. The smallest absolute Gasteiger partial charge is 0.326 e. The van der Waals surface area contributed by atoms with E-state index in [9.17, 15) is 14.4 Å². The molecule has 0 aromatic rings. The van der Waals surface area contributed by atoms with Gasteiger partial charge < -0.3 is 20.3 Å². The highest BCUT2D eigenvalue weighted by Crippen LogP contribution is 2.20. The number of carboxylic acid groups (broad SMARTS) is 2. The molecular weight excluding hydrogens is 242 g/mol. The molecule has 0 aromatic heterocycles. The Morgan fingerprint density at radius 1 is 1.39 bits per heavy atom. The number of ether oxygens (including phenoxy) is 1. The average Bonchev–Trinajstić information content (AvgIpc) is 2.69. The molecule has 1 rings (SSSR count). The van der Waals surface area contributed by atoms with Crippen LogP contribution in [0, 0.1) is 5.92 Å². The van der Waals surface area contributed by atoms with Crippen molar-refractivity contribution in [3.63, 3.8) is 0 Å². The molecule has 3 atom stereocenters. The third kappa shape index (κ3) is 3.99. The molecule has 0 spiro atoms. The highest BCUT2D eigenvalue weighted by molar-refractivity contribution is 5.85. The quantitative estimate of drug-likeness (QED) is 0.611. The van der Waals surface area contributed by atoms with Gasteiger partial charge in [-0.05, 0) is 19.8 Å².